The van der Waals surface area contributed by atoms with Gasteiger partial charge in [0.25, 0.3) is 0 Å². The van der Waals surface area contributed by atoms with E-state index in [0.717, 1.165) is 0 Å². The Bertz CT molecular complexity index is 551. The van der Waals surface area contributed by atoms with E-state index in [1.165, 1.54) is 13.2 Å². The summed E-state index contributed by atoms with van der Waals surface area (Å²) in [4.78, 5) is 24.0. The molecular weight excluding hydrogens is 222 g/mol. The van der Waals surface area contributed by atoms with E-state index < -0.39 is 0 Å². The van der Waals surface area contributed by atoms with Gasteiger partial charge in [0.15, 0.2) is 11.5 Å². The molecule has 1 aromatic rings. The van der Waals surface area contributed by atoms with Crippen LogP contribution in [-0.2, 0) is 18.4 Å². The molecule has 0 amide bonds. The average Bonchev–Trinajstić information content (AvgIpc) is 2.57. The number of carbonyl (C=O) groups excluding carboxylic acids is 2. The number of rotatable bonds is 2. The van der Waals surface area contributed by atoms with E-state index in [1.807, 2.05) is 0 Å². The molecule has 0 fully saturated rings. The van der Waals surface area contributed by atoms with Crippen molar-refractivity contribution < 1.29 is 19.4 Å². The first-order chi connectivity index (χ1) is 8.02. The summed E-state index contributed by atoms with van der Waals surface area (Å²) in [6, 6.07) is 0. The molecule has 0 spiro atoms. The second-order valence-corrected chi connectivity index (χ2v) is 3.91. The van der Waals surface area contributed by atoms with Gasteiger partial charge < -0.3 is 14.4 Å². The number of ketones is 2. The first-order valence-corrected chi connectivity index (χ1v) is 5.16. The van der Waals surface area contributed by atoms with Crippen molar-refractivity contribution in [3.05, 3.63) is 34.3 Å². The fourth-order valence-corrected chi connectivity index (χ4v) is 2.11. The summed E-state index contributed by atoms with van der Waals surface area (Å²) in [7, 11) is 3.04. The van der Waals surface area contributed by atoms with Crippen LogP contribution in [0.5, 0.6) is 0 Å². The molecule has 0 aliphatic heterocycles. The minimum Gasteiger partial charge on any atom is -0.492 e. The molecule has 0 atom stereocenters. The van der Waals surface area contributed by atoms with Gasteiger partial charge in [-0.2, -0.15) is 0 Å². The fraction of sp³-hybridized carbons (Fsp3) is 0.333. The van der Waals surface area contributed by atoms with Gasteiger partial charge in [-0.1, -0.05) is 0 Å². The normalized spacial score (nSPS) is 14.7. The third kappa shape index (κ3) is 1.43. The Labute approximate surface area is 98.3 Å². The van der Waals surface area contributed by atoms with Crippen molar-refractivity contribution in [2.24, 2.45) is 7.05 Å². The standard InChI is InChI=1S/C12H13NO4/c1-6-7(5-14)10-8(15)4-9(17-3)12(16)11(10)13(6)2/h4,14H,5H2,1-3H3. The summed E-state index contributed by atoms with van der Waals surface area (Å²) in [5.41, 5.74) is 1.80. The average molecular weight is 235 g/mol. The molecule has 5 nitrogen and oxygen atoms in total. The minimum absolute atomic E-state index is 0.0348. The summed E-state index contributed by atoms with van der Waals surface area (Å²) in [6.45, 7) is 1.50. The zero-order valence-corrected chi connectivity index (χ0v) is 9.90. The molecule has 1 aliphatic carbocycles. The quantitative estimate of drug-likeness (QED) is 0.820. The number of allylic oxidation sites excluding steroid dienone is 2. The number of hydrogen-bond acceptors (Lipinski definition) is 4. The largest absolute Gasteiger partial charge is 0.492 e. The van der Waals surface area contributed by atoms with Gasteiger partial charge in [-0.25, -0.2) is 0 Å². The molecule has 17 heavy (non-hydrogen) atoms. The summed E-state index contributed by atoms with van der Waals surface area (Å²) in [5, 5.41) is 9.29. The Kier molecular flexibility index (Phi) is 2.63. The SMILES string of the molecule is COC1=CC(=O)c2c(CO)c(C)n(C)c2C1=O. The molecule has 0 saturated carbocycles. The van der Waals surface area contributed by atoms with Gasteiger partial charge in [-0.15, -0.1) is 0 Å². The second-order valence-electron chi connectivity index (χ2n) is 3.91. The number of fused-ring (bicyclic) bond motifs is 1. The molecule has 0 unspecified atom stereocenters. The predicted molar refractivity (Wildman–Crippen MR) is 59.8 cm³/mol. The van der Waals surface area contributed by atoms with Crippen molar-refractivity contribution in [3.8, 4) is 0 Å². The van der Waals surface area contributed by atoms with Gasteiger partial charge in [0.1, 0.15) is 5.69 Å². The Balaban J connectivity index is 2.75. The maximum absolute atomic E-state index is 12.0. The lowest BCUT2D eigenvalue weighted by atomic mass is 9.96. The number of hydrogen-bond donors (Lipinski definition) is 1. The highest BCUT2D eigenvalue weighted by Gasteiger charge is 2.33. The maximum Gasteiger partial charge on any atom is 0.244 e. The molecule has 0 radical (unpaired) electrons. The minimum atomic E-state index is -0.326. The van der Waals surface area contributed by atoms with Crippen molar-refractivity contribution in [1.82, 2.24) is 4.57 Å². The van der Waals surface area contributed by atoms with Crippen LogP contribution in [-0.4, -0.2) is 28.3 Å². The third-order valence-electron chi connectivity index (χ3n) is 3.14. The van der Waals surface area contributed by atoms with Crippen molar-refractivity contribution in [2.45, 2.75) is 13.5 Å². The van der Waals surface area contributed by atoms with Gasteiger partial charge in [0.05, 0.1) is 19.3 Å². The molecule has 1 aliphatic rings. The second kappa shape index (κ2) is 3.85. The predicted octanol–water partition coefficient (Wildman–Crippen LogP) is 0.735. The van der Waals surface area contributed by atoms with Crippen LogP contribution in [0.2, 0.25) is 0 Å². The van der Waals surface area contributed by atoms with Crippen LogP contribution in [0.4, 0.5) is 0 Å². The topological polar surface area (TPSA) is 68.5 Å². The zero-order valence-electron chi connectivity index (χ0n) is 9.90. The van der Waals surface area contributed by atoms with Crippen LogP contribution in [0.1, 0.15) is 32.1 Å². The smallest absolute Gasteiger partial charge is 0.244 e. The van der Waals surface area contributed by atoms with Crippen molar-refractivity contribution in [2.75, 3.05) is 7.11 Å². The van der Waals surface area contributed by atoms with Crippen molar-refractivity contribution >= 4 is 11.6 Å². The molecule has 5 heteroatoms. The van der Waals surface area contributed by atoms with E-state index in [2.05, 4.69) is 0 Å². The molecule has 0 aromatic carbocycles. The summed E-state index contributed by atoms with van der Waals surface area (Å²) >= 11 is 0. The number of nitrogens with zero attached hydrogens (tertiary/aromatic N) is 1. The van der Waals surface area contributed by atoms with Crippen LogP contribution in [0.15, 0.2) is 11.8 Å². The Morgan fingerprint density at radius 1 is 1.41 bits per heavy atom. The van der Waals surface area contributed by atoms with Crippen LogP contribution in [0.3, 0.4) is 0 Å². The fourth-order valence-electron chi connectivity index (χ4n) is 2.11. The van der Waals surface area contributed by atoms with E-state index in [9.17, 15) is 14.7 Å². The van der Waals surface area contributed by atoms with Gasteiger partial charge in [0.2, 0.25) is 5.78 Å². The van der Waals surface area contributed by atoms with Gasteiger partial charge >= 0.3 is 0 Å². The first-order valence-electron chi connectivity index (χ1n) is 5.16. The third-order valence-corrected chi connectivity index (χ3v) is 3.14. The van der Waals surface area contributed by atoms with Crippen LogP contribution < -0.4 is 0 Å². The Morgan fingerprint density at radius 3 is 2.59 bits per heavy atom. The molecule has 2 rings (SSSR count). The number of aromatic nitrogens is 1. The highest BCUT2D eigenvalue weighted by Crippen LogP contribution is 2.29. The number of methoxy groups -OCH3 is 1. The molecule has 90 valence electrons. The van der Waals surface area contributed by atoms with Crippen LogP contribution in [0, 0.1) is 6.92 Å². The Morgan fingerprint density at radius 2 is 2.06 bits per heavy atom. The molecule has 1 heterocycles. The molecule has 0 bridgehead atoms. The van der Waals surface area contributed by atoms with E-state index in [-0.39, 0.29) is 29.6 Å². The number of aliphatic hydroxyl groups excluding tert-OH is 1. The summed E-state index contributed by atoms with van der Waals surface area (Å²) in [5.74, 6) is -0.593. The van der Waals surface area contributed by atoms with E-state index >= 15 is 0 Å². The molecule has 0 saturated heterocycles. The zero-order chi connectivity index (χ0) is 12.7. The number of carbonyl (C=O) groups is 2. The number of aliphatic hydroxyl groups is 1. The lowest BCUT2D eigenvalue weighted by molar-refractivity contribution is 0.0909. The highest BCUT2D eigenvalue weighted by atomic mass is 16.5. The Hall–Kier alpha value is -1.88. The lowest BCUT2D eigenvalue weighted by Crippen LogP contribution is -2.20. The van der Waals surface area contributed by atoms with Gasteiger partial charge in [0, 0.05) is 24.4 Å². The summed E-state index contributed by atoms with van der Waals surface area (Å²) < 4.78 is 6.50. The monoisotopic (exact) mass is 235 g/mol. The summed E-state index contributed by atoms with van der Waals surface area (Å²) in [6.07, 6.45) is 1.17. The van der Waals surface area contributed by atoms with Crippen LogP contribution in [0.25, 0.3) is 0 Å². The molecule has 1 aromatic heterocycles. The van der Waals surface area contributed by atoms with Gasteiger partial charge in [-0.3, -0.25) is 9.59 Å². The number of Topliss-reactive ketones (excluding diaryl/α,β-unsaturated/α-hetero) is 1. The lowest BCUT2D eigenvalue weighted by Gasteiger charge is -2.12. The van der Waals surface area contributed by atoms with E-state index in [1.54, 1.807) is 18.5 Å². The van der Waals surface area contributed by atoms with Gasteiger partial charge in [-0.05, 0) is 6.92 Å². The van der Waals surface area contributed by atoms with Crippen molar-refractivity contribution in [3.63, 3.8) is 0 Å². The number of ether oxygens (including phenoxy) is 1. The van der Waals surface area contributed by atoms with E-state index in [4.69, 9.17) is 4.74 Å². The molecular formula is C12H13NO4. The van der Waals surface area contributed by atoms with E-state index in [0.29, 0.717) is 16.8 Å². The first kappa shape index (κ1) is 11.6. The van der Waals surface area contributed by atoms with Crippen LogP contribution >= 0.6 is 0 Å². The highest BCUT2D eigenvalue weighted by molar-refractivity contribution is 6.24. The maximum atomic E-state index is 12.0. The molecule has 1 N–H and O–H groups in total. The van der Waals surface area contributed by atoms with Crippen molar-refractivity contribution in [1.29, 1.82) is 0 Å².